The molecule has 0 radical (unpaired) electrons. The molecular weight excluding hydrogens is 219 g/mol. The number of benzene rings is 1. The molecule has 0 atom stereocenters. The van der Waals surface area contributed by atoms with Crippen LogP contribution in [0.3, 0.4) is 0 Å². The highest BCUT2D eigenvalue weighted by molar-refractivity contribution is 5.48. The number of hydrogen-bond donors (Lipinski definition) is 2. The summed E-state index contributed by atoms with van der Waals surface area (Å²) in [5, 5.41) is 9.23. The smallest absolute Gasteiger partial charge is 0.125 e. The molecular formula is C13H19FN2O. The maximum absolute atomic E-state index is 13.3. The van der Waals surface area contributed by atoms with Crippen molar-refractivity contribution in [2.75, 3.05) is 18.5 Å². The first kappa shape index (κ1) is 12.3. The fourth-order valence-electron chi connectivity index (χ4n) is 2.31. The maximum Gasteiger partial charge on any atom is 0.125 e. The van der Waals surface area contributed by atoms with Crippen molar-refractivity contribution in [1.82, 2.24) is 0 Å². The Kier molecular flexibility index (Phi) is 3.64. The Labute approximate surface area is 101 Å². The van der Waals surface area contributed by atoms with Crippen molar-refractivity contribution in [2.45, 2.75) is 25.5 Å². The molecule has 3 N–H and O–H groups in total. The molecule has 1 aromatic rings. The van der Waals surface area contributed by atoms with Crippen LogP contribution < -0.4 is 10.6 Å². The second kappa shape index (κ2) is 5.02. The second-order valence-electron chi connectivity index (χ2n) is 4.89. The molecule has 0 bridgehead atoms. The molecule has 0 heterocycles. The first-order valence-corrected chi connectivity index (χ1v) is 5.97. The van der Waals surface area contributed by atoms with Gasteiger partial charge in [-0.2, -0.15) is 0 Å². The number of hydrogen-bond acceptors (Lipinski definition) is 3. The van der Waals surface area contributed by atoms with Crippen LogP contribution in [0.1, 0.15) is 18.4 Å². The third kappa shape index (κ3) is 2.96. The van der Waals surface area contributed by atoms with Crippen molar-refractivity contribution < 1.29 is 9.50 Å². The highest BCUT2D eigenvalue weighted by Crippen LogP contribution is 2.29. The third-order valence-electron chi connectivity index (χ3n) is 3.36. The number of anilines is 1. The molecule has 0 unspecified atom stereocenters. The zero-order valence-electron chi connectivity index (χ0n) is 10.1. The summed E-state index contributed by atoms with van der Waals surface area (Å²) in [6.45, 7) is 1.20. The largest absolute Gasteiger partial charge is 0.393 e. The molecule has 1 aliphatic carbocycles. The Bertz CT molecular complexity index is 391. The van der Waals surface area contributed by atoms with Crippen LogP contribution in [0.15, 0.2) is 18.2 Å². The minimum atomic E-state index is -0.247. The van der Waals surface area contributed by atoms with Crippen LogP contribution in [-0.4, -0.2) is 24.8 Å². The molecule has 17 heavy (non-hydrogen) atoms. The molecule has 0 amide bonds. The number of aliphatic hydroxyl groups excluding tert-OH is 1. The molecule has 1 saturated carbocycles. The Hall–Kier alpha value is -1.13. The highest BCUT2D eigenvalue weighted by atomic mass is 19.1. The van der Waals surface area contributed by atoms with Crippen LogP contribution in [0, 0.1) is 11.7 Å². The summed E-state index contributed by atoms with van der Waals surface area (Å²) in [5.41, 5.74) is 7.19. The van der Waals surface area contributed by atoms with E-state index in [9.17, 15) is 9.50 Å². The van der Waals surface area contributed by atoms with E-state index in [1.807, 2.05) is 18.0 Å². The maximum atomic E-state index is 13.3. The Morgan fingerprint density at radius 3 is 2.71 bits per heavy atom. The van der Waals surface area contributed by atoms with Gasteiger partial charge in [-0.05, 0) is 42.5 Å². The van der Waals surface area contributed by atoms with Gasteiger partial charge in [0.2, 0.25) is 0 Å². The van der Waals surface area contributed by atoms with Crippen molar-refractivity contribution in [3.8, 4) is 0 Å². The zero-order chi connectivity index (χ0) is 12.4. The van der Waals surface area contributed by atoms with Gasteiger partial charge in [0.15, 0.2) is 0 Å². The van der Waals surface area contributed by atoms with E-state index in [0.29, 0.717) is 12.5 Å². The van der Waals surface area contributed by atoms with Gasteiger partial charge >= 0.3 is 0 Å². The quantitative estimate of drug-likeness (QED) is 0.835. The first-order chi connectivity index (χ1) is 8.08. The summed E-state index contributed by atoms with van der Waals surface area (Å²) in [6.07, 6.45) is 1.56. The van der Waals surface area contributed by atoms with Gasteiger partial charge in [0, 0.05) is 25.8 Å². The van der Waals surface area contributed by atoms with E-state index >= 15 is 0 Å². The average molecular weight is 238 g/mol. The monoisotopic (exact) mass is 238 g/mol. The number of rotatable bonds is 4. The molecule has 94 valence electrons. The van der Waals surface area contributed by atoms with Gasteiger partial charge in [0.05, 0.1) is 6.10 Å². The zero-order valence-corrected chi connectivity index (χ0v) is 10.1. The second-order valence-corrected chi connectivity index (χ2v) is 4.89. The number of nitrogens with two attached hydrogens (primary N) is 1. The lowest BCUT2D eigenvalue weighted by molar-refractivity contribution is 0.0465. The molecule has 1 fully saturated rings. The molecule has 3 nitrogen and oxygen atoms in total. The molecule has 0 aliphatic heterocycles. The van der Waals surface area contributed by atoms with Crippen LogP contribution in [0.4, 0.5) is 10.1 Å². The van der Waals surface area contributed by atoms with Gasteiger partial charge in [-0.1, -0.05) is 0 Å². The van der Waals surface area contributed by atoms with Gasteiger partial charge in [-0.15, -0.1) is 0 Å². The number of halogens is 1. The van der Waals surface area contributed by atoms with Crippen molar-refractivity contribution in [1.29, 1.82) is 0 Å². The van der Waals surface area contributed by atoms with Crippen LogP contribution in [-0.2, 0) is 6.54 Å². The van der Waals surface area contributed by atoms with Crippen molar-refractivity contribution in [2.24, 2.45) is 11.7 Å². The minimum absolute atomic E-state index is 0.138. The molecule has 1 aliphatic rings. The summed E-state index contributed by atoms with van der Waals surface area (Å²) in [5.74, 6) is 0.267. The highest BCUT2D eigenvalue weighted by Gasteiger charge is 2.28. The van der Waals surface area contributed by atoms with E-state index in [1.165, 1.54) is 12.1 Å². The molecule has 1 aromatic carbocycles. The van der Waals surface area contributed by atoms with Crippen molar-refractivity contribution in [3.05, 3.63) is 29.6 Å². The Balaban J connectivity index is 2.02. The van der Waals surface area contributed by atoms with Crippen LogP contribution in [0.25, 0.3) is 0 Å². The fourth-order valence-corrected chi connectivity index (χ4v) is 2.31. The van der Waals surface area contributed by atoms with E-state index in [1.54, 1.807) is 0 Å². The molecule has 0 saturated heterocycles. The van der Waals surface area contributed by atoms with E-state index in [4.69, 9.17) is 5.73 Å². The van der Waals surface area contributed by atoms with Gasteiger partial charge in [0.25, 0.3) is 0 Å². The fraction of sp³-hybridized carbons (Fsp3) is 0.538. The number of aliphatic hydroxyl groups is 1. The Morgan fingerprint density at radius 1 is 1.41 bits per heavy atom. The lowest BCUT2D eigenvalue weighted by Gasteiger charge is -2.35. The molecule has 2 rings (SSSR count). The van der Waals surface area contributed by atoms with Crippen molar-refractivity contribution >= 4 is 5.69 Å². The van der Waals surface area contributed by atoms with Crippen LogP contribution in [0.5, 0.6) is 0 Å². The standard InChI is InChI=1S/C13H19FN2O/c1-16(8-10-4-13(17)5-10)12-3-9(7-15)2-11(14)6-12/h2-3,6,10,13,17H,4-5,7-8,15H2,1H3. The van der Waals surface area contributed by atoms with Gasteiger partial charge in [-0.25, -0.2) is 4.39 Å². The lowest BCUT2D eigenvalue weighted by atomic mass is 9.82. The van der Waals surface area contributed by atoms with Gasteiger partial charge < -0.3 is 15.7 Å². The topological polar surface area (TPSA) is 49.5 Å². The van der Waals surface area contributed by atoms with Gasteiger partial charge in [0.1, 0.15) is 5.82 Å². The summed E-state index contributed by atoms with van der Waals surface area (Å²) in [7, 11) is 1.94. The molecule has 4 heteroatoms. The summed E-state index contributed by atoms with van der Waals surface area (Å²) in [4.78, 5) is 2.03. The lowest BCUT2D eigenvalue weighted by Crippen LogP contribution is -2.37. The predicted octanol–water partition coefficient (Wildman–Crippen LogP) is 1.49. The van der Waals surface area contributed by atoms with Crippen LogP contribution in [0.2, 0.25) is 0 Å². The normalized spacial score (nSPS) is 23.3. The van der Waals surface area contributed by atoms with Gasteiger partial charge in [-0.3, -0.25) is 0 Å². The first-order valence-electron chi connectivity index (χ1n) is 5.97. The predicted molar refractivity (Wildman–Crippen MR) is 66.3 cm³/mol. The molecule has 0 aromatic heterocycles. The Morgan fingerprint density at radius 2 is 2.12 bits per heavy atom. The minimum Gasteiger partial charge on any atom is -0.393 e. The van der Waals surface area contributed by atoms with E-state index < -0.39 is 0 Å². The van der Waals surface area contributed by atoms with E-state index in [2.05, 4.69) is 0 Å². The van der Waals surface area contributed by atoms with Crippen molar-refractivity contribution in [3.63, 3.8) is 0 Å². The third-order valence-corrected chi connectivity index (χ3v) is 3.36. The summed E-state index contributed by atoms with van der Waals surface area (Å²) >= 11 is 0. The number of nitrogens with zero attached hydrogens (tertiary/aromatic N) is 1. The molecule has 0 spiro atoms. The SMILES string of the molecule is CN(CC1CC(O)C1)c1cc(F)cc(CN)c1. The van der Waals surface area contributed by atoms with E-state index in [0.717, 1.165) is 30.6 Å². The summed E-state index contributed by atoms with van der Waals surface area (Å²) in [6, 6.07) is 4.90. The van der Waals surface area contributed by atoms with Crippen LogP contribution >= 0.6 is 0 Å². The van der Waals surface area contributed by atoms with E-state index in [-0.39, 0.29) is 11.9 Å². The summed E-state index contributed by atoms with van der Waals surface area (Å²) < 4.78 is 13.3. The average Bonchev–Trinajstić information content (AvgIpc) is 2.26.